The van der Waals surface area contributed by atoms with Crippen LogP contribution in [0.3, 0.4) is 0 Å². The highest BCUT2D eigenvalue weighted by molar-refractivity contribution is 6.18. The zero-order valence-corrected chi connectivity index (χ0v) is 6.76. The number of ketones is 2. The zero-order chi connectivity index (χ0) is 7.56. The molecule has 0 spiro atoms. The van der Waals surface area contributed by atoms with Crippen molar-refractivity contribution in [3.8, 4) is 0 Å². The molecule has 4 heteroatoms. The molecule has 11 heavy (non-hydrogen) atoms. The molecule has 0 amide bonds. The summed E-state index contributed by atoms with van der Waals surface area (Å²) in [6.07, 6.45) is 3.12. The zero-order valence-electron chi connectivity index (χ0n) is 5.95. The molecule has 0 radical (unpaired) electrons. The van der Waals surface area contributed by atoms with Crippen LogP contribution in [0.1, 0.15) is 6.42 Å². The summed E-state index contributed by atoms with van der Waals surface area (Å²) in [5, 5.41) is 0. The quantitative estimate of drug-likeness (QED) is 0.605. The van der Waals surface area contributed by atoms with Crippen LogP contribution in [0.4, 0.5) is 0 Å². The topological polar surface area (TPSA) is 60.2 Å². The minimum atomic E-state index is -0.468. The van der Waals surface area contributed by atoms with Crippen molar-refractivity contribution >= 4 is 24.0 Å². The Kier molecular flexibility index (Phi) is 4.00. The summed E-state index contributed by atoms with van der Waals surface area (Å²) >= 11 is 0. The molecule has 0 saturated carbocycles. The van der Waals surface area contributed by atoms with E-state index in [1.54, 1.807) is 0 Å². The van der Waals surface area contributed by atoms with Gasteiger partial charge in [0, 0.05) is 0 Å². The third-order valence-corrected chi connectivity index (χ3v) is 1.55. The predicted molar refractivity (Wildman–Crippen MR) is 43.6 cm³/mol. The van der Waals surface area contributed by atoms with Crippen molar-refractivity contribution in [2.75, 3.05) is 6.54 Å². The third-order valence-electron chi connectivity index (χ3n) is 1.55. The smallest absolute Gasteiger partial charge is 0.166 e. The van der Waals surface area contributed by atoms with E-state index in [9.17, 15) is 9.59 Å². The number of nitrogens with two attached hydrogens (primary N) is 1. The molecule has 0 unspecified atom stereocenters. The molecule has 0 fully saturated rings. The highest BCUT2D eigenvalue weighted by Gasteiger charge is 2.26. The van der Waals surface area contributed by atoms with Crippen LogP contribution in [0.25, 0.3) is 0 Å². The fourth-order valence-corrected chi connectivity index (χ4v) is 0.988. The lowest BCUT2D eigenvalue weighted by molar-refractivity contribution is -0.125. The van der Waals surface area contributed by atoms with Crippen LogP contribution in [-0.4, -0.2) is 18.1 Å². The van der Waals surface area contributed by atoms with Gasteiger partial charge in [-0.25, -0.2) is 0 Å². The van der Waals surface area contributed by atoms with E-state index in [1.807, 2.05) is 0 Å². The first-order valence-electron chi connectivity index (χ1n) is 3.21. The highest BCUT2D eigenvalue weighted by Crippen LogP contribution is 2.13. The van der Waals surface area contributed by atoms with E-state index >= 15 is 0 Å². The van der Waals surface area contributed by atoms with Crippen molar-refractivity contribution < 1.29 is 9.59 Å². The minimum absolute atomic E-state index is 0. The standard InChI is InChI=1S/C7H9NO2.ClH/c8-4-3-5-6(9)1-2-7(5)10;/h1-2,5H,3-4,8H2;1H. The van der Waals surface area contributed by atoms with Gasteiger partial charge in [0.05, 0.1) is 5.92 Å². The fourth-order valence-electron chi connectivity index (χ4n) is 0.988. The molecular weight excluding hydrogens is 166 g/mol. The Balaban J connectivity index is 0.000001000. The number of carbonyl (C=O) groups excluding carboxylic acids is 2. The summed E-state index contributed by atoms with van der Waals surface area (Å²) < 4.78 is 0. The fraction of sp³-hybridized carbons (Fsp3) is 0.429. The van der Waals surface area contributed by atoms with Gasteiger partial charge in [0.15, 0.2) is 11.6 Å². The molecule has 62 valence electrons. The Hall–Kier alpha value is -0.670. The maximum absolute atomic E-state index is 10.8. The lowest BCUT2D eigenvalue weighted by Gasteiger charge is -2.01. The Morgan fingerprint density at radius 3 is 2.09 bits per heavy atom. The summed E-state index contributed by atoms with van der Waals surface area (Å²) in [5.41, 5.74) is 5.20. The second-order valence-corrected chi connectivity index (χ2v) is 2.27. The molecule has 1 rings (SSSR count). The van der Waals surface area contributed by atoms with Crippen LogP contribution in [0.15, 0.2) is 12.2 Å². The van der Waals surface area contributed by atoms with Gasteiger partial charge in [-0.1, -0.05) is 0 Å². The molecule has 3 nitrogen and oxygen atoms in total. The number of hydrogen-bond donors (Lipinski definition) is 1. The molecule has 0 atom stereocenters. The van der Waals surface area contributed by atoms with E-state index in [1.165, 1.54) is 12.2 Å². The molecule has 0 bridgehead atoms. The average molecular weight is 176 g/mol. The van der Waals surface area contributed by atoms with Gasteiger partial charge in [-0.2, -0.15) is 0 Å². The third kappa shape index (κ3) is 2.13. The summed E-state index contributed by atoms with van der Waals surface area (Å²) in [6, 6.07) is 0. The lowest BCUT2D eigenvalue weighted by Crippen LogP contribution is -2.19. The first kappa shape index (κ1) is 10.3. The monoisotopic (exact) mass is 175 g/mol. The van der Waals surface area contributed by atoms with Gasteiger partial charge >= 0.3 is 0 Å². The number of rotatable bonds is 2. The molecule has 1 aliphatic rings. The Bertz CT molecular complexity index is 183. The maximum Gasteiger partial charge on any atom is 0.166 e. The van der Waals surface area contributed by atoms with E-state index in [2.05, 4.69) is 0 Å². The van der Waals surface area contributed by atoms with Gasteiger partial charge in [-0.15, -0.1) is 12.4 Å². The Morgan fingerprint density at radius 2 is 1.73 bits per heavy atom. The second-order valence-electron chi connectivity index (χ2n) is 2.27. The van der Waals surface area contributed by atoms with Gasteiger partial charge < -0.3 is 5.73 Å². The van der Waals surface area contributed by atoms with Crippen LogP contribution in [0.2, 0.25) is 0 Å². The molecule has 0 aliphatic heterocycles. The van der Waals surface area contributed by atoms with Crippen molar-refractivity contribution in [1.29, 1.82) is 0 Å². The number of carbonyl (C=O) groups is 2. The Morgan fingerprint density at radius 1 is 1.27 bits per heavy atom. The molecule has 0 saturated heterocycles. The summed E-state index contributed by atoms with van der Waals surface area (Å²) in [5.74, 6) is -0.670. The van der Waals surface area contributed by atoms with Crippen LogP contribution in [-0.2, 0) is 9.59 Å². The summed E-state index contributed by atoms with van der Waals surface area (Å²) in [4.78, 5) is 21.6. The first-order chi connectivity index (χ1) is 4.75. The van der Waals surface area contributed by atoms with Gasteiger partial charge in [0.25, 0.3) is 0 Å². The van der Waals surface area contributed by atoms with Gasteiger partial charge in [0.2, 0.25) is 0 Å². The molecule has 0 aromatic heterocycles. The van der Waals surface area contributed by atoms with Gasteiger partial charge in [0.1, 0.15) is 0 Å². The molecule has 0 aromatic carbocycles. The van der Waals surface area contributed by atoms with E-state index in [0.29, 0.717) is 13.0 Å². The largest absolute Gasteiger partial charge is 0.330 e. The van der Waals surface area contributed by atoms with Crippen LogP contribution < -0.4 is 5.73 Å². The maximum atomic E-state index is 10.8. The first-order valence-corrected chi connectivity index (χ1v) is 3.21. The SMILES string of the molecule is Cl.NCCC1C(=O)C=CC1=O. The van der Waals surface area contributed by atoms with E-state index in [-0.39, 0.29) is 24.0 Å². The van der Waals surface area contributed by atoms with E-state index < -0.39 is 5.92 Å². The molecule has 2 N–H and O–H groups in total. The molecule has 0 heterocycles. The summed E-state index contributed by atoms with van der Waals surface area (Å²) in [6.45, 7) is 0.393. The predicted octanol–water partition coefficient (Wildman–Crippen LogP) is 0.0812. The van der Waals surface area contributed by atoms with Gasteiger partial charge in [-0.05, 0) is 25.1 Å². The van der Waals surface area contributed by atoms with Crippen molar-refractivity contribution in [1.82, 2.24) is 0 Å². The molecule has 0 aromatic rings. The van der Waals surface area contributed by atoms with Crippen LogP contribution >= 0.6 is 12.4 Å². The molecule has 1 aliphatic carbocycles. The highest BCUT2D eigenvalue weighted by atomic mass is 35.5. The number of allylic oxidation sites excluding steroid dienone is 2. The number of hydrogen-bond acceptors (Lipinski definition) is 3. The van der Waals surface area contributed by atoms with Crippen molar-refractivity contribution in [2.24, 2.45) is 11.7 Å². The van der Waals surface area contributed by atoms with Gasteiger partial charge in [-0.3, -0.25) is 9.59 Å². The van der Waals surface area contributed by atoms with Crippen molar-refractivity contribution in [3.05, 3.63) is 12.2 Å². The normalized spacial score (nSPS) is 17.2. The minimum Gasteiger partial charge on any atom is -0.330 e. The van der Waals surface area contributed by atoms with Crippen LogP contribution in [0.5, 0.6) is 0 Å². The molecular formula is C7H10ClNO2. The summed E-state index contributed by atoms with van der Waals surface area (Å²) in [7, 11) is 0. The van der Waals surface area contributed by atoms with Crippen molar-refractivity contribution in [3.63, 3.8) is 0 Å². The average Bonchev–Trinajstić information content (AvgIpc) is 2.20. The van der Waals surface area contributed by atoms with Crippen molar-refractivity contribution in [2.45, 2.75) is 6.42 Å². The van der Waals surface area contributed by atoms with E-state index in [0.717, 1.165) is 0 Å². The van der Waals surface area contributed by atoms with E-state index in [4.69, 9.17) is 5.73 Å². The van der Waals surface area contributed by atoms with Crippen LogP contribution in [0, 0.1) is 5.92 Å². The Labute approximate surface area is 71.0 Å². The number of halogens is 1. The second kappa shape index (κ2) is 4.26. The lowest BCUT2D eigenvalue weighted by atomic mass is 10.0.